The number of hydrogen-bond donors (Lipinski definition) is 2. The molecule has 0 bridgehead atoms. The van der Waals surface area contributed by atoms with Crippen molar-refractivity contribution in [2.45, 2.75) is 18.8 Å². The van der Waals surface area contributed by atoms with Crippen LogP contribution >= 0.6 is 12.4 Å². The van der Waals surface area contributed by atoms with E-state index < -0.39 is 6.36 Å². The van der Waals surface area contributed by atoms with Gasteiger partial charge >= 0.3 is 6.36 Å². The summed E-state index contributed by atoms with van der Waals surface area (Å²) in [5.74, 6) is -0.284. The van der Waals surface area contributed by atoms with Crippen LogP contribution in [0, 0.1) is 0 Å². The van der Waals surface area contributed by atoms with Crippen molar-refractivity contribution >= 4 is 29.0 Å². The standard InChI is InChI=1S/C14H14F3N3O.ClH/c15-14(16,17)21-12-4-3-11(20-9-5-7-18-8-9)10-2-1-6-19-13(10)12;/h1-4,6,9,18,20H,5,7-8H2;1H/t9-;/m1./s1. The fraction of sp³-hybridized carbons (Fsp3) is 0.357. The van der Waals surface area contributed by atoms with Crippen LogP contribution in [0.2, 0.25) is 0 Å². The molecule has 1 aromatic heterocycles. The average molecular weight is 334 g/mol. The van der Waals surface area contributed by atoms with E-state index >= 15 is 0 Å². The number of benzene rings is 1. The molecule has 0 unspecified atom stereocenters. The molecule has 120 valence electrons. The van der Waals surface area contributed by atoms with E-state index in [1.807, 2.05) is 0 Å². The lowest BCUT2D eigenvalue weighted by atomic mass is 10.1. The second kappa shape index (κ2) is 6.58. The molecule has 1 aromatic carbocycles. The highest BCUT2D eigenvalue weighted by molar-refractivity contribution is 5.95. The van der Waals surface area contributed by atoms with Crippen molar-refractivity contribution < 1.29 is 17.9 Å². The van der Waals surface area contributed by atoms with Crippen molar-refractivity contribution in [1.82, 2.24) is 10.3 Å². The van der Waals surface area contributed by atoms with Gasteiger partial charge in [-0.1, -0.05) is 0 Å². The van der Waals surface area contributed by atoms with Crippen LogP contribution in [0.5, 0.6) is 5.75 Å². The van der Waals surface area contributed by atoms with Gasteiger partial charge in [0.05, 0.1) is 0 Å². The zero-order chi connectivity index (χ0) is 14.9. The second-order valence-corrected chi connectivity index (χ2v) is 4.89. The number of fused-ring (bicyclic) bond motifs is 1. The predicted octanol–water partition coefficient (Wildman–Crippen LogP) is 3.33. The second-order valence-electron chi connectivity index (χ2n) is 4.89. The zero-order valence-electron chi connectivity index (χ0n) is 11.5. The number of pyridine rings is 1. The number of ether oxygens (including phenoxy) is 1. The smallest absolute Gasteiger partial charge is 0.403 e. The monoisotopic (exact) mass is 333 g/mol. The summed E-state index contributed by atoms with van der Waals surface area (Å²) < 4.78 is 41.3. The Hall–Kier alpha value is -1.73. The van der Waals surface area contributed by atoms with Gasteiger partial charge in [-0.05, 0) is 37.2 Å². The van der Waals surface area contributed by atoms with Crippen molar-refractivity contribution in [3.63, 3.8) is 0 Å². The summed E-state index contributed by atoms with van der Waals surface area (Å²) in [7, 11) is 0. The molecule has 1 aliphatic heterocycles. The van der Waals surface area contributed by atoms with Gasteiger partial charge in [0.15, 0.2) is 5.75 Å². The highest BCUT2D eigenvalue weighted by Gasteiger charge is 2.32. The average Bonchev–Trinajstić information content (AvgIpc) is 2.93. The van der Waals surface area contributed by atoms with E-state index in [2.05, 4.69) is 20.4 Å². The summed E-state index contributed by atoms with van der Waals surface area (Å²) in [6.45, 7) is 1.77. The van der Waals surface area contributed by atoms with E-state index in [0.29, 0.717) is 5.39 Å². The van der Waals surface area contributed by atoms with Gasteiger partial charge < -0.3 is 15.4 Å². The molecule has 1 atom stereocenters. The topological polar surface area (TPSA) is 46.2 Å². The molecule has 2 heterocycles. The summed E-state index contributed by atoms with van der Waals surface area (Å²) in [5, 5.41) is 7.18. The van der Waals surface area contributed by atoms with Gasteiger partial charge in [-0.3, -0.25) is 4.98 Å². The summed E-state index contributed by atoms with van der Waals surface area (Å²) >= 11 is 0. The maximum absolute atomic E-state index is 12.4. The molecule has 22 heavy (non-hydrogen) atoms. The molecule has 0 saturated carbocycles. The van der Waals surface area contributed by atoms with Crippen LogP contribution < -0.4 is 15.4 Å². The van der Waals surface area contributed by atoms with Gasteiger partial charge in [-0.15, -0.1) is 25.6 Å². The first-order valence-electron chi connectivity index (χ1n) is 6.64. The van der Waals surface area contributed by atoms with Crippen LogP contribution in [-0.2, 0) is 0 Å². The van der Waals surface area contributed by atoms with E-state index in [1.54, 1.807) is 18.2 Å². The molecule has 1 saturated heterocycles. The number of anilines is 1. The summed E-state index contributed by atoms with van der Waals surface area (Å²) in [6.07, 6.45) is -2.30. The van der Waals surface area contributed by atoms with Gasteiger partial charge in [0.25, 0.3) is 0 Å². The highest BCUT2D eigenvalue weighted by atomic mass is 35.5. The van der Waals surface area contributed by atoms with Gasteiger partial charge in [-0.2, -0.15) is 0 Å². The lowest BCUT2D eigenvalue weighted by Crippen LogP contribution is -2.22. The lowest BCUT2D eigenvalue weighted by Gasteiger charge is -2.17. The first-order valence-corrected chi connectivity index (χ1v) is 6.64. The Labute approximate surface area is 131 Å². The summed E-state index contributed by atoms with van der Waals surface area (Å²) in [5.41, 5.74) is 0.965. The maximum atomic E-state index is 12.4. The Morgan fingerprint density at radius 1 is 1.27 bits per heavy atom. The molecule has 1 fully saturated rings. The molecule has 0 aliphatic carbocycles. The van der Waals surface area contributed by atoms with Crippen molar-refractivity contribution in [2.24, 2.45) is 0 Å². The Balaban J connectivity index is 0.00000176. The Kier molecular flexibility index (Phi) is 4.97. The summed E-state index contributed by atoms with van der Waals surface area (Å²) in [6, 6.07) is 6.59. The molecular formula is C14H15ClF3N3O. The summed E-state index contributed by atoms with van der Waals surface area (Å²) in [4.78, 5) is 4.02. The van der Waals surface area contributed by atoms with Crippen LogP contribution in [0.4, 0.5) is 18.9 Å². The van der Waals surface area contributed by atoms with Crippen molar-refractivity contribution in [3.05, 3.63) is 30.5 Å². The third kappa shape index (κ3) is 3.72. The molecule has 0 radical (unpaired) electrons. The molecule has 8 heteroatoms. The van der Waals surface area contributed by atoms with Gasteiger partial charge in [0.2, 0.25) is 0 Å². The SMILES string of the molecule is Cl.FC(F)(F)Oc1ccc(N[C@@H]2CCNC2)c2cccnc12. The van der Waals surface area contributed by atoms with Crippen LogP contribution in [0.25, 0.3) is 10.9 Å². The fourth-order valence-electron chi connectivity index (χ4n) is 2.48. The number of nitrogens with one attached hydrogen (secondary N) is 2. The normalized spacial score (nSPS) is 18.0. The van der Waals surface area contributed by atoms with Crippen LogP contribution in [0.3, 0.4) is 0 Å². The first kappa shape index (κ1) is 16.6. The van der Waals surface area contributed by atoms with Gasteiger partial charge in [0.1, 0.15) is 5.52 Å². The number of aromatic nitrogens is 1. The Bertz CT molecular complexity index is 645. The minimum Gasteiger partial charge on any atom is -0.403 e. The third-order valence-electron chi connectivity index (χ3n) is 3.38. The molecular weight excluding hydrogens is 319 g/mol. The highest BCUT2D eigenvalue weighted by Crippen LogP contribution is 2.33. The number of hydrogen-bond acceptors (Lipinski definition) is 4. The van der Waals surface area contributed by atoms with Crippen LogP contribution in [-0.4, -0.2) is 30.5 Å². The Morgan fingerprint density at radius 2 is 2.09 bits per heavy atom. The van der Waals surface area contributed by atoms with Crippen molar-refractivity contribution in [3.8, 4) is 5.75 Å². The fourth-order valence-corrected chi connectivity index (χ4v) is 2.48. The quantitative estimate of drug-likeness (QED) is 0.904. The minimum atomic E-state index is -4.73. The number of halogens is 4. The zero-order valence-corrected chi connectivity index (χ0v) is 12.3. The molecule has 4 nitrogen and oxygen atoms in total. The van der Waals surface area contributed by atoms with Crippen molar-refractivity contribution in [2.75, 3.05) is 18.4 Å². The molecule has 1 aliphatic rings. The van der Waals surface area contributed by atoms with E-state index in [1.165, 1.54) is 12.3 Å². The van der Waals surface area contributed by atoms with Crippen molar-refractivity contribution in [1.29, 1.82) is 0 Å². The van der Waals surface area contributed by atoms with Gasteiger partial charge in [0, 0.05) is 29.9 Å². The van der Waals surface area contributed by atoms with E-state index in [0.717, 1.165) is 25.2 Å². The molecule has 3 rings (SSSR count). The lowest BCUT2D eigenvalue weighted by molar-refractivity contribution is -0.274. The number of alkyl halides is 3. The maximum Gasteiger partial charge on any atom is 0.573 e. The number of rotatable bonds is 3. The molecule has 2 N–H and O–H groups in total. The molecule has 0 amide bonds. The third-order valence-corrected chi connectivity index (χ3v) is 3.38. The number of nitrogens with zero attached hydrogens (tertiary/aromatic N) is 1. The van der Waals surface area contributed by atoms with E-state index in [-0.39, 0.29) is 29.7 Å². The minimum absolute atomic E-state index is 0. The predicted molar refractivity (Wildman–Crippen MR) is 80.6 cm³/mol. The first-order chi connectivity index (χ1) is 10.0. The molecule has 0 spiro atoms. The molecule has 2 aromatic rings. The van der Waals surface area contributed by atoms with Crippen LogP contribution in [0.15, 0.2) is 30.5 Å². The van der Waals surface area contributed by atoms with Crippen LogP contribution in [0.1, 0.15) is 6.42 Å². The van der Waals surface area contributed by atoms with Gasteiger partial charge in [-0.25, -0.2) is 0 Å². The Morgan fingerprint density at radius 3 is 2.77 bits per heavy atom. The van der Waals surface area contributed by atoms with E-state index in [9.17, 15) is 13.2 Å². The largest absolute Gasteiger partial charge is 0.573 e. The van der Waals surface area contributed by atoms with E-state index in [4.69, 9.17) is 0 Å².